The predicted octanol–water partition coefficient (Wildman–Crippen LogP) is 2.25. The molecule has 1 aromatic heterocycles. The van der Waals surface area contributed by atoms with Gasteiger partial charge in [-0.25, -0.2) is 4.98 Å². The summed E-state index contributed by atoms with van der Waals surface area (Å²) < 4.78 is 0. The van der Waals surface area contributed by atoms with Crippen molar-refractivity contribution in [3.05, 3.63) is 23.4 Å². The van der Waals surface area contributed by atoms with Gasteiger partial charge in [-0.2, -0.15) is 0 Å². The van der Waals surface area contributed by atoms with Crippen molar-refractivity contribution in [3.63, 3.8) is 0 Å². The first-order valence-corrected chi connectivity index (χ1v) is 6.52. The molecule has 4 heteroatoms. The first-order chi connectivity index (χ1) is 8.36. The summed E-state index contributed by atoms with van der Waals surface area (Å²) in [4.78, 5) is 4.43. The fraction of sp³-hybridized carbons (Fsp3) is 0.667. The van der Waals surface area contributed by atoms with E-state index in [4.69, 9.17) is 0 Å². The fourth-order valence-electron chi connectivity index (χ4n) is 2.44. The zero-order valence-electron chi connectivity index (χ0n) is 11.6. The molecule has 3 N–H and O–H groups in total. The molecule has 0 bridgehead atoms. The molecule has 1 aromatic rings. The minimum absolute atomic E-state index is 0. The SMILES string of the molecule is C.Cc1cnc(N[C@@H]2CN[C@H](C(C)(C)O)C2)c(C)c1. The van der Waals surface area contributed by atoms with Crippen molar-refractivity contribution in [1.29, 1.82) is 0 Å². The second-order valence-electron chi connectivity index (χ2n) is 5.87. The van der Waals surface area contributed by atoms with Crippen LogP contribution in [-0.4, -0.2) is 34.3 Å². The lowest BCUT2D eigenvalue weighted by atomic mass is 9.96. The van der Waals surface area contributed by atoms with Crippen LogP contribution in [0.5, 0.6) is 0 Å². The topological polar surface area (TPSA) is 57.2 Å². The van der Waals surface area contributed by atoms with Crippen molar-refractivity contribution in [2.24, 2.45) is 0 Å². The Morgan fingerprint density at radius 2 is 2.11 bits per heavy atom. The highest BCUT2D eigenvalue weighted by Crippen LogP contribution is 2.22. The Balaban J connectivity index is 0.00000180. The van der Waals surface area contributed by atoms with Crippen molar-refractivity contribution in [1.82, 2.24) is 10.3 Å². The normalized spacial score (nSPS) is 23.0. The fourth-order valence-corrected chi connectivity index (χ4v) is 2.44. The smallest absolute Gasteiger partial charge is 0.129 e. The molecule has 1 fully saturated rings. The summed E-state index contributed by atoms with van der Waals surface area (Å²) in [5.74, 6) is 0.948. The first-order valence-electron chi connectivity index (χ1n) is 6.52. The summed E-state index contributed by atoms with van der Waals surface area (Å²) in [6, 6.07) is 2.60. The highest BCUT2D eigenvalue weighted by Gasteiger charge is 2.34. The summed E-state index contributed by atoms with van der Waals surface area (Å²) in [6.45, 7) is 8.68. The monoisotopic (exact) mass is 265 g/mol. The van der Waals surface area contributed by atoms with Crippen LogP contribution < -0.4 is 10.6 Å². The molecule has 2 heterocycles. The van der Waals surface area contributed by atoms with E-state index in [1.165, 1.54) is 11.1 Å². The van der Waals surface area contributed by atoms with E-state index in [1.54, 1.807) is 0 Å². The second-order valence-corrected chi connectivity index (χ2v) is 5.87. The molecule has 1 saturated heterocycles. The van der Waals surface area contributed by atoms with Crippen LogP contribution in [-0.2, 0) is 0 Å². The number of hydrogen-bond donors (Lipinski definition) is 3. The van der Waals surface area contributed by atoms with E-state index in [9.17, 15) is 5.11 Å². The molecule has 0 aromatic carbocycles. The molecular formula is C15H27N3O. The Labute approximate surface area is 116 Å². The van der Waals surface area contributed by atoms with Gasteiger partial charge in [0.2, 0.25) is 0 Å². The van der Waals surface area contributed by atoms with Crippen LogP contribution in [0.2, 0.25) is 0 Å². The maximum Gasteiger partial charge on any atom is 0.129 e. The van der Waals surface area contributed by atoms with Crippen LogP contribution in [0, 0.1) is 13.8 Å². The lowest BCUT2D eigenvalue weighted by Crippen LogP contribution is -2.42. The summed E-state index contributed by atoms with van der Waals surface area (Å²) in [5.41, 5.74) is 1.67. The number of pyridine rings is 1. The third-order valence-corrected chi connectivity index (χ3v) is 3.54. The van der Waals surface area contributed by atoms with Gasteiger partial charge in [0, 0.05) is 24.8 Å². The van der Waals surface area contributed by atoms with Crippen LogP contribution in [0.1, 0.15) is 38.8 Å². The summed E-state index contributed by atoms with van der Waals surface area (Å²) in [5, 5.41) is 16.8. The van der Waals surface area contributed by atoms with E-state index in [0.717, 1.165) is 18.8 Å². The first kappa shape index (κ1) is 15.9. The van der Waals surface area contributed by atoms with Crippen molar-refractivity contribution in [2.45, 2.75) is 59.2 Å². The summed E-state index contributed by atoms with van der Waals surface area (Å²) in [7, 11) is 0. The van der Waals surface area contributed by atoms with Crippen LogP contribution in [0.3, 0.4) is 0 Å². The number of nitrogens with zero attached hydrogens (tertiary/aromatic N) is 1. The molecule has 0 radical (unpaired) electrons. The molecule has 4 nitrogen and oxygen atoms in total. The van der Waals surface area contributed by atoms with Gasteiger partial charge in [0.1, 0.15) is 5.82 Å². The molecule has 0 aliphatic carbocycles. The average Bonchev–Trinajstić information content (AvgIpc) is 2.70. The van der Waals surface area contributed by atoms with Crippen molar-refractivity contribution < 1.29 is 5.11 Å². The molecule has 19 heavy (non-hydrogen) atoms. The molecule has 0 saturated carbocycles. The van der Waals surface area contributed by atoms with Gasteiger partial charge in [-0.1, -0.05) is 13.5 Å². The van der Waals surface area contributed by atoms with E-state index >= 15 is 0 Å². The van der Waals surface area contributed by atoms with Crippen LogP contribution in [0.15, 0.2) is 12.3 Å². The van der Waals surface area contributed by atoms with Gasteiger partial charge in [-0.3, -0.25) is 0 Å². The minimum atomic E-state index is -0.674. The number of aryl methyl sites for hydroxylation is 2. The highest BCUT2D eigenvalue weighted by atomic mass is 16.3. The van der Waals surface area contributed by atoms with Gasteiger partial charge in [0.05, 0.1) is 5.60 Å². The summed E-state index contributed by atoms with van der Waals surface area (Å²) in [6.07, 6.45) is 2.80. The zero-order chi connectivity index (χ0) is 13.3. The molecule has 108 valence electrons. The lowest BCUT2D eigenvalue weighted by molar-refractivity contribution is 0.0446. The van der Waals surface area contributed by atoms with Crippen molar-refractivity contribution in [2.75, 3.05) is 11.9 Å². The molecule has 2 rings (SSSR count). The van der Waals surface area contributed by atoms with E-state index in [0.29, 0.717) is 6.04 Å². The number of nitrogens with one attached hydrogen (secondary N) is 2. The quantitative estimate of drug-likeness (QED) is 0.784. The Morgan fingerprint density at radius 1 is 1.42 bits per heavy atom. The van der Waals surface area contributed by atoms with Crippen molar-refractivity contribution in [3.8, 4) is 0 Å². The van der Waals surface area contributed by atoms with E-state index in [1.807, 2.05) is 27.0 Å². The molecule has 0 amide bonds. The van der Waals surface area contributed by atoms with E-state index in [2.05, 4.69) is 28.6 Å². The molecule has 0 spiro atoms. The highest BCUT2D eigenvalue weighted by molar-refractivity contribution is 5.45. The standard InChI is InChI=1S/C14H23N3O.CH4/c1-9-5-10(2)13(16-7-9)17-11-6-12(15-8-11)14(3,4)18;/h5,7,11-12,15,18H,6,8H2,1-4H3,(H,16,17);1H4/t11-,12-;/m0./s1. The molecule has 1 aliphatic heterocycles. The van der Waals surface area contributed by atoms with Gasteiger partial charge in [0.15, 0.2) is 0 Å². The van der Waals surface area contributed by atoms with Gasteiger partial charge in [0.25, 0.3) is 0 Å². The molecule has 1 aliphatic rings. The Hall–Kier alpha value is -1.13. The Kier molecular flexibility index (Phi) is 4.93. The number of anilines is 1. The Bertz CT molecular complexity index is 426. The third kappa shape index (κ3) is 3.91. The average molecular weight is 265 g/mol. The summed E-state index contributed by atoms with van der Waals surface area (Å²) >= 11 is 0. The van der Waals surface area contributed by atoms with Gasteiger partial charge >= 0.3 is 0 Å². The molecule has 0 unspecified atom stereocenters. The number of aromatic nitrogens is 1. The minimum Gasteiger partial charge on any atom is -0.389 e. The van der Waals surface area contributed by atoms with Gasteiger partial charge in [-0.05, 0) is 45.2 Å². The van der Waals surface area contributed by atoms with Crippen LogP contribution in [0.25, 0.3) is 0 Å². The Morgan fingerprint density at radius 3 is 2.63 bits per heavy atom. The van der Waals surface area contributed by atoms with Gasteiger partial charge in [-0.15, -0.1) is 0 Å². The number of rotatable bonds is 3. The van der Waals surface area contributed by atoms with Gasteiger partial charge < -0.3 is 15.7 Å². The van der Waals surface area contributed by atoms with E-state index < -0.39 is 5.60 Å². The van der Waals surface area contributed by atoms with Crippen molar-refractivity contribution >= 4 is 5.82 Å². The molecule has 2 atom stereocenters. The number of hydrogen-bond acceptors (Lipinski definition) is 4. The lowest BCUT2D eigenvalue weighted by Gasteiger charge is -2.25. The maximum atomic E-state index is 9.99. The third-order valence-electron chi connectivity index (χ3n) is 3.54. The van der Waals surface area contributed by atoms with E-state index in [-0.39, 0.29) is 13.5 Å². The predicted molar refractivity (Wildman–Crippen MR) is 80.6 cm³/mol. The van der Waals surface area contributed by atoms with Crippen LogP contribution in [0.4, 0.5) is 5.82 Å². The zero-order valence-corrected chi connectivity index (χ0v) is 11.6. The van der Waals surface area contributed by atoms with Crippen LogP contribution >= 0.6 is 0 Å². The second kappa shape index (κ2) is 5.88. The largest absolute Gasteiger partial charge is 0.389 e. The molecular weight excluding hydrogens is 238 g/mol. The maximum absolute atomic E-state index is 9.99. The number of aliphatic hydroxyl groups is 1.